The van der Waals surface area contributed by atoms with Crippen LogP contribution in [0.1, 0.15) is 29.8 Å². The fourth-order valence-corrected chi connectivity index (χ4v) is 3.45. The second-order valence-electron chi connectivity index (χ2n) is 4.96. The highest BCUT2D eigenvalue weighted by Crippen LogP contribution is 2.23. The molecule has 1 unspecified atom stereocenters. The first-order chi connectivity index (χ1) is 11.6. The van der Waals surface area contributed by atoms with Crippen molar-refractivity contribution in [1.29, 1.82) is 0 Å². The lowest BCUT2D eigenvalue weighted by Gasteiger charge is -2.17. The summed E-state index contributed by atoms with van der Waals surface area (Å²) < 4.78 is 6.00. The first-order valence-corrected chi connectivity index (χ1v) is 9.14. The normalized spacial score (nSPS) is 12.1. The number of ether oxygens (including phenoxy) is 1. The molecule has 0 saturated carbocycles. The molecule has 0 aliphatic rings. The SMILES string of the molecule is CCOC(=O)CC(NC(=O)/C=C/c1ccc(Br)s1)c1ccccc1. The van der Waals surface area contributed by atoms with Crippen molar-refractivity contribution in [2.75, 3.05) is 6.61 Å². The van der Waals surface area contributed by atoms with Gasteiger partial charge in [-0.3, -0.25) is 9.59 Å². The molecule has 126 valence electrons. The molecule has 0 saturated heterocycles. The molecule has 1 N–H and O–H groups in total. The van der Waals surface area contributed by atoms with Gasteiger partial charge in [-0.2, -0.15) is 0 Å². The minimum atomic E-state index is -0.419. The number of carbonyl (C=O) groups is 2. The van der Waals surface area contributed by atoms with Crippen molar-refractivity contribution in [3.8, 4) is 0 Å². The predicted octanol–water partition coefficient (Wildman–Crippen LogP) is 4.33. The zero-order chi connectivity index (χ0) is 17.4. The predicted molar refractivity (Wildman–Crippen MR) is 99.6 cm³/mol. The van der Waals surface area contributed by atoms with Crippen molar-refractivity contribution < 1.29 is 14.3 Å². The van der Waals surface area contributed by atoms with Gasteiger partial charge in [-0.1, -0.05) is 30.3 Å². The third-order valence-corrected chi connectivity index (χ3v) is 4.78. The molecule has 0 spiro atoms. The van der Waals surface area contributed by atoms with Gasteiger partial charge in [0.15, 0.2) is 0 Å². The Morgan fingerprint density at radius 2 is 2.00 bits per heavy atom. The molecule has 1 aromatic carbocycles. The summed E-state index contributed by atoms with van der Waals surface area (Å²) in [6, 6.07) is 12.8. The zero-order valence-electron chi connectivity index (χ0n) is 13.2. The van der Waals surface area contributed by atoms with Gasteiger partial charge in [-0.05, 0) is 46.6 Å². The number of rotatable bonds is 7. The Kier molecular flexibility index (Phi) is 7.21. The second kappa shape index (κ2) is 9.39. The third kappa shape index (κ3) is 5.94. The Labute approximate surface area is 153 Å². The number of hydrogen-bond donors (Lipinski definition) is 1. The van der Waals surface area contributed by atoms with Gasteiger partial charge < -0.3 is 10.1 Å². The van der Waals surface area contributed by atoms with Crippen molar-refractivity contribution in [3.63, 3.8) is 0 Å². The summed E-state index contributed by atoms with van der Waals surface area (Å²) in [6.07, 6.45) is 3.32. The zero-order valence-corrected chi connectivity index (χ0v) is 15.6. The Hall–Kier alpha value is -1.92. The van der Waals surface area contributed by atoms with Gasteiger partial charge in [0.2, 0.25) is 5.91 Å². The van der Waals surface area contributed by atoms with E-state index in [-0.39, 0.29) is 18.3 Å². The van der Waals surface area contributed by atoms with E-state index in [1.165, 1.54) is 17.4 Å². The van der Waals surface area contributed by atoms with Crippen LogP contribution < -0.4 is 5.32 Å². The molecule has 4 nitrogen and oxygen atoms in total. The summed E-state index contributed by atoms with van der Waals surface area (Å²) in [5, 5.41) is 2.87. The lowest BCUT2D eigenvalue weighted by Crippen LogP contribution is -2.29. The molecule has 0 aliphatic heterocycles. The van der Waals surface area contributed by atoms with Gasteiger partial charge in [-0.25, -0.2) is 0 Å². The highest BCUT2D eigenvalue weighted by atomic mass is 79.9. The average Bonchev–Trinajstić information content (AvgIpc) is 2.99. The van der Waals surface area contributed by atoms with Crippen LogP contribution in [0.3, 0.4) is 0 Å². The van der Waals surface area contributed by atoms with Crippen molar-refractivity contribution in [2.24, 2.45) is 0 Å². The van der Waals surface area contributed by atoms with E-state index < -0.39 is 6.04 Å². The van der Waals surface area contributed by atoms with Crippen LogP contribution in [0.4, 0.5) is 0 Å². The summed E-state index contributed by atoms with van der Waals surface area (Å²) in [5.74, 6) is -0.588. The maximum Gasteiger partial charge on any atom is 0.308 e. The van der Waals surface area contributed by atoms with Crippen molar-refractivity contribution in [2.45, 2.75) is 19.4 Å². The number of benzene rings is 1. The maximum absolute atomic E-state index is 12.2. The molecule has 0 bridgehead atoms. The van der Waals surface area contributed by atoms with Crippen LogP contribution >= 0.6 is 27.3 Å². The Morgan fingerprint density at radius 3 is 2.62 bits per heavy atom. The average molecular weight is 408 g/mol. The molecular formula is C18H18BrNO3S. The standard InChI is InChI=1S/C18H18BrNO3S/c1-2-23-18(22)12-15(13-6-4-3-5-7-13)20-17(21)11-9-14-8-10-16(19)24-14/h3-11,15H,2,12H2,1H3,(H,20,21)/b11-9+. The maximum atomic E-state index is 12.2. The molecule has 1 amide bonds. The topological polar surface area (TPSA) is 55.4 Å². The van der Waals surface area contributed by atoms with Crippen LogP contribution in [-0.4, -0.2) is 18.5 Å². The summed E-state index contributed by atoms with van der Waals surface area (Å²) >= 11 is 4.92. The van der Waals surface area contributed by atoms with Gasteiger partial charge in [0.05, 0.1) is 22.9 Å². The fourth-order valence-electron chi connectivity index (χ4n) is 2.12. The van der Waals surface area contributed by atoms with Crippen LogP contribution in [0.2, 0.25) is 0 Å². The quantitative estimate of drug-likeness (QED) is 0.548. The van der Waals surface area contributed by atoms with Crippen LogP contribution in [-0.2, 0) is 14.3 Å². The molecule has 0 fully saturated rings. The van der Waals surface area contributed by atoms with Crippen molar-refractivity contribution in [1.82, 2.24) is 5.32 Å². The smallest absolute Gasteiger partial charge is 0.308 e. The van der Waals surface area contributed by atoms with E-state index in [2.05, 4.69) is 21.2 Å². The molecule has 1 aromatic heterocycles. The number of halogens is 1. The first-order valence-electron chi connectivity index (χ1n) is 7.53. The van der Waals surface area contributed by atoms with E-state index in [1.54, 1.807) is 13.0 Å². The number of esters is 1. The molecule has 1 heterocycles. The number of amides is 1. The Balaban J connectivity index is 2.05. The number of thiophene rings is 1. The molecule has 6 heteroatoms. The molecule has 2 rings (SSSR count). The highest BCUT2D eigenvalue weighted by Gasteiger charge is 2.18. The Morgan fingerprint density at radius 1 is 1.25 bits per heavy atom. The van der Waals surface area contributed by atoms with Crippen LogP contribution in [0.15, 0.2) is 52.3 Å². The Bertz CT molecular complexity index is 712. The summed E-state index contributed by atoms with van der Waals surface area (Å²) in [7, 11) is 0. The summed E-state index contributed by atoms with van der Waals surface area (Å²) in [5.41, 5.74) is 0.867. The van der Waals surface area contributed by atoms with Gasteiger partial charge >= 0.3 is 5.97 Å². The monoisotopic (exact) mass is 407 g/mol. The van der Waals surface area contributed by atoms with Crippen molar-refractivity contribution in [3.05, 3.63) is 62.8 Å². The molecule has 0 aliphatic carbocycles. The number of nitrogens with one attached hydrogen (secondary N) is 1. The van der Waals surface area contributed by atoms with Crippen molar-refractivity contribution >= 4 is 45.2 Å². The highest BCUT2D eigenvalue weighted by molar-refractivity contribution is 9.11. The molecular weight excluding hydrogens is 390 g/mol. The van der Waals surface area contributed by atoms with Gasteiger partial charge in [0, 0.05) is 11.0 Å². The van der Waals surface area contributed by atoms with Crippen LogP contribution in [0.5, 0.6) is 0 Å². The lowest BCUT2D eigenvalue weighted by atomic mass is 10.0. The van der Waals surface area contributed by atoms with E-state index in [1.807, 2.05) is 42.5 Å². The summed E-state index contributed by atoms with van der Waals surface area (Å²) in [6.45, 7) is 2.08. The van der Waals surface area contributed by atoms with E-state index in [0.717, 1.165) is 14.2 Å². The minimum Gasteiger partial charge on any atom is -0.466 e. The van der Waals surface area contributed by atoms with E-state index in [4.69, 9.17) is 4.74 Å². The molecule has 1 atom stereocenters. The molecule has 2 aromatic rings. The second-order valence-corrected chi connectivity index (χ2v) is 7.45. The van der Waals surface area contributed by atoms with Gasteiger partial charge in [0.1, 0.15) is 0 Å². The van der Waals surface area contributed by atoms with E-state index in [0.29, 0.717) is 6.61 Å². The van der Waals surface area contributed by atoms with E-state index >= 15 is 0 Å². The minimum absolute atomic E-state index is 0.0992. The third-order valence-electron chi connectivity index (χ3n) is 3.19. The van der Waals surface area contributed by atoms with Gasteiger partial charge in [0.25, 0.3) is 0 Å². The van der Waals surface area contributed by atoms with Crippen LogP contribution in [0.25, 0.3) is 6.08 Å². The lowest BCUT2D eigenvalue weighted by molar-refractivity contribution is -0.143. The van der Waals surface area contributed by atoms with Crippen LogP contribution in [0, 0.1) is 0 Å². The van der Waals surface area contributed by atoms with Gasteiger partial charge in [-0.15, -0.1) is 11.3 Å². The van der Waals surface area contributed by atoms with E-state index in [9.17, 15) is 9.59 Å². The summed E-state index contributed by atoms with van der Waals surface area (Å²) in [4.78, 5) is 25.0. The largest absolute Gasteiger partial charge is 0.466 e. The fraction of sp³-hybridized carbons (Fsp3) is 0.222. The number of hydrogen-bond acceptors (Lipinski definition) is 4. The first kappa shape index (κ1) is 18.4. The molecule has 0 radical (unpaired) electrons. The number of carbonyl (C=O) groups excluding carboxylic acids is 2. The molecule has 24 heavy (non-hydrogen) atoms.